The van der Waals surface area contributed by atoms with Gasteiger partial charge in [0.2, 0.25) is 0 Å². The van der Waals surface area contributed by atoms with Gasteiger partial charge in [-0.3, -0.25) is 9.80 Å². The maximum Gasteiger partial charge on any atom is 0.134 e. The van der Waals surface area contributed by atoms with Crippen molar-refractivity contribution in [1.29, 1.82) is 0 Å². The Balaban J connectivity index is 1.29. The molecule has 4 nitrogen and oxygen atoms in total. The van der Waals surface area contributed by atoms with Gasteiger partial charge in [0.25, 0.3) is 0 Å². The van der Waals surface area contributed by atoms with Crippen LogP contribution in [0.1, 0.15) is 35.8 Å². The highest BCUT2D eigenvalue weighted by atomic mass is 16.5. The Morgan fingerprint density at radius 1 is 1.04 bits per heavy atom. The number of fused-ring (bicyclic) bond motifs is 1. The Morgan fingerprint density at radius 3 is 2.54 bits per heavy atom. The molecule has 0 radical (unpaired) electrons. The number of aliphatic hydroxyl groups is 1. The third-order valence-corrected chi connectivity index (χ3v) is 5.84. The molecule has 26 heavy (non-hydrogen) atoms. The number of benzene rings is 2. The van der Waals surface area contributed by atoms with Crippen LogP contribution in [0.3, 0.4) is 0 Å². The molecular weight excluding hydrogens is 324 g/mol. The first-order chi connectivity index (χ1) is 12.7. The van der Waals surface area contributed by atoms with Crippen molar-refractivity contribution in [2.24, 2.45) is 5.92 Å². The van der Waals surface area contributed by atoms with Gasteiger partial charge in [0.15, 0.2) is 0 Å². The van der Waals surface area contributed by atoms with E-state index in [0.717, 1.165) is 44.0 Å². The molecule has 1 unspecified atom stereocenters. The fraction of sp³-hybridized carbons (Fsp3) is 0.455. The van der Waals surface area contributed by atoms with Crippen molar-refractivity contribution in [1.82, 2.24) is 9.80 Å². The molecule has 0 amide bonds. The summed E-state index contributed by atoms with van der Waals surface area (Å²) < 4.78 is 5.48. The van der Waals surface area contributed by atoms with Crippen molar-refractivity contribution in [3.8, 4) is 5.75 Å². The zero-order chi connectivity index (χ0) is 17.9. The number of methoxy groups -OCH3 is 1. The molecule has 1 saturated heterocycles. The van der Waals surface area contributed by atoms with Crippen LogP contribution in [-0.2, 0) is 13.1 Å². The lowest BCUT2D eigenvalue weighted by Crippen LogP contribution is -2.38. The number of ether oxygens (including phenoxy) is 1. The molecule has 2 aromatic rings. The number of nitrogens with zero attached hydrogens (tertiary/aromatic N) is 2. The van der Waals surface area contributed by atoms with E-state index in [2.05, 4.69) is 40.1 Å². The molecular formula is C22H28N2O2. The molecule has 0 aliphatic carbocycles. The molecule has 0 aromatic heterocycles. The van der Waals surface area contributed by atoms with Gasteiger partial charge in [-0.1, -0.05) is 42.5 Å². The maximum atomic E-state index is 10.6. The Hall–Kier alpha value is -1.88. The highest BCUT2D eigenvalue weighted by Gasteiger charge is 2.31. The van der Waals surface area contributed by atoms with Crippen LogP contribution in [0.5, 0.6) is 5.75 Å². The quantitative estimate of drug-likeness (QED) is 0.895. The first kappa shape index (κ1) is 17.5. The molecule has 0 spiro atoms. The summed E-state index contributed by atoms with van der Waals surface area (Å²) in [5.41, 5.74) is 3.62. The highest BCUT2D eigenvalue weighted by Crippen LogP contribution is 2.33. The first-order valence-corrected chi connectivity index (χ1v) is 9.59. The van der Waals surface area contributed by atoms with Gasteiger partial charge in [-0.25, -0.2) is 0 Å². The van der Waals surface area contributed by atoms with Crippen LogP contribution in [0.15, 0.2) is 48.5 Å². The molecule has 1 atom stereocenters. The smallest absolute Gasteiger partial charge is 0.134 e. The normalized spacial score (nSPS) is 21.7. The summed E-state index contributed by atoms with van der Waals surface area (Å²) in [6, 6.07) is 16.6. The van der Waals surface area contributed by atoms with Crippen molar-refractivity contribution in [3.63, 3.8) is 0 Å². The van der Waals surface area contributed by atoms with Gasteiger partial charge in [0.05, 0.1) is 7.11 Å². The van der Waals surface area contributed by atoms with Crippen LogP contribution in [0.25, 0.3) is 0 Å². The van der Waals surface area contributed by atoms with E-state index in [-0.39, 0.29) is 0 Å². The molecule has 2 aliphatic rings. The lowest BCUT2D eigenvalue weighted by molar-refractivity contribution is -0.00409. The first-order valence-electron chi connectivity index (χ1n) is 9.59. The Kier molecular flexibility index (Phi) is 5.25. The van der Waals surface area contributed by atoms with Gasteiger partial charge in [-0.2, -0.15) is 0 Å². The van der Waals surface area contributed by atoms with Gasteiger partial charge in [-0.05, 0) is 49.0 Å². The van der Waals surface area contributed by atoms with E-state index in [0.29, 0.717) is 5.92 Å². The number of piperidine rings is 1. The number of hydrogen-bond acceptors (Lipinski definition) is 4. The van der Waals surface area contributed by atoms with Crippen molar-refractivity contribution in [2.75, 3.05) is 26.7 Å². The zero-order valence-electron chi connectivity index (χ0n) is 15.5. The van der Waals surface area contributed by atoms with Crippen LogP contribution in [-0.4, -0.2) is 41.7 Å². The van der Waals surface area contributed by atoms with E-state index in [4.69, 9.17) is 4.74 Å². The van der Waals surface area contributed by atoms with Crippen LogP contribution >= 0.6 is 0 Å². The molecule has 4 rings (SSSR count). The second kappa shape index (κ2) is 7.78. The summed E-state index contributed by atoms with van der Waals surface area (Å²) >= 11 is 0. The summed E-state index contributed by atoms with van der Waals surface area (Å²) in [7, 11) is 1.74. The molecule has 0 bridgehead atoms. The third-order valence-electron chi connectivity index (χ3n) is 5.84. The van der Waals surface area contributed by atoms with Crippen molar-refractivity contribution in [3.05, 3.63) is 65.2 Å². The summed E-state index contributed by atoms with van der Waals surface area (Å²) in [5, 5.41) is 10.6. The van der Waals surface area contributed by atoms with E-state index < -0.39 is 6.23 Å². The molecule has 2 heterocycles. The molecule has 4 heteroatoms. The molecule has 0 saturated carbocycles. The second-order valence-electron chi connectivity index (χ2n) is 7.53. The molecule has 1 fully saturated rings. The minimum Gasteiger partial charge on any atom is -0.496 e. The summed E-state index contributed by atoms with van der Waals surface area (Å²) in [4.78, 5) is 4.74. The maximum absolute atomic E-state index is 10.6. The van der Waals surface area contributed by atoms with E-state index in [1.165, 1.54) is 24.0 Å². The van der Waals surface area contributed by atoms with Crippen LogP contribution in [0, 0.1) is 5.92 Å². The van der Waals surface area contributed by atoms with Crippen molar-refractivity contribution >= 4 is 0 Å². The number of rotatable bonds is 5. The van der Waals surface area contributed by atoms with Crippen molar-refractivity contribution < 1.29 is 9.84 Å². The average molecular weight is 352 g/mol. The lowest BCUT2D eigenvalue weighted by atomic mass is 9.95. The highest BCUT2D eigenvalue weighted by molar-refractivity contribution is 5.33. The number of hydrogen-bond donors (Lipinski definition) is 1. The molecule has 1 N–H and O–H groups in total. The standard InChI is InChI=1S/C22H28N2O2/c1-26-21-9-5-3-7-19(21)15-23-12-10-17(11-13-23)14-24-16-18-6-2-4-8-20(18)22(24)25/h2-9,17,22,25H,10-16H2,1H3. The average Bonchev–Trinajstić information content (AvgIpc) is 3.00. The van der Waals surface area contributed by atoms with Crippen LogP contribution < -0.4 is 4.74 Å². The van der Waals surface area contributed by atoms with Crippen LogP contribution in [0.2, 0.25) is 0 Å². The predicted octanol–water partition coefficient (Wildman–Crippen LogP) is 3.41. The Labute approximate surface area is 156 Å². The summed E-state index contributed by atoms with van der Waals surface area (Å²) in [5.74, 6) is 1.64. The summed E-state index contributed by atoms with van der Waals surface area (Å²) in [6.07, 6.45) is 1.95. The lowest BCUT2D eigenvalue weighted by Gasteiger charge is -2.34. The SMILES string of the molecule is COc1ccccc1CN1CCC(CN2Cc3ccccc3C2O)CC1. The fourth-order valence-electron chi connectivity index (χ4n) is 4.33. The second-order valence-corrected chi connectivity index (χ2v) is 7.53. The number of aliphatic hydroxyl groups excluding tert-OH is 1. The number of likely N-dealkylation sites (tertiary alicyclic amines) is 1. The topological polar surface area (TPSA) is 35.9 Å². The zero-order valence-corrected chi connectivity index (χ0v) is 15.5. The van der Waals surface area contributed by atoms with E-state index in [1.807, 2.05) is 18.2 Å². The van der Waals surface area contributed by atoms with E-state index in [1.54, 1.807) is 7.11 Å². The molecule has 138 valence electrons. The van der Waals surface area contributed by atoms with Gasteiger partial charge in [0, 0.05) is 25.2 Å². The predicted molar refractivity (Wildman–Crippen MR) is 103 cm³/mol. The van der Waals surface area contributed by atoms with Gasteiger partial charge >= 0.3 is 0 Å². The third kappa shape index (κ3) is 3.63. The van der Waals surface area contributed by atoms with Gasteiger partial charge < -0.3 is 9.84 Å². The van der Waals surface area contributed by atoms with E-state index >= 15 is 0 Å². The minimum absolute atomic E-state index is 0.433. The monoisotopic (exact) mass is 352 g/mol. The summed E-state index contributed by atoms with van der Waals surface area (Å²) in [6.45, 7) is 5.03. The van der Waals surface area contributed by atoms with Crippen molar-refractivity contribution in [2.45, 2.75) is 32.2 Å². The molecule has 2 aliphatic heterocycles. The Bertz CT molecular complexity index is 740. The fourth-order valence-corrected chi connectivity index (χ4v) is 4.33. The Morgan fingerprint density at radius 2 is 1.77 bits per heavy atom. The minimum atomic E-state index is -0.433. The van der Waals surface area contributed by atoms with Gasteiger partial charge in [-0.15, -0.1) is 0 Å². The van der Waals surface area contributed by atoms with Gasteiger partial charge in [0.1, 0.15) is 12.0 Å². The largest absolute Gasteiger partial charge is 0.496 e. The van der Waals surface area contributed by atoms with E-state index in [9.17, 15) is 5.11 Å². The number of para-hydroxylation sites is 1. The molecule has 2 aromatic carbocycles. The van der Waals surface area contributed by atoms with Crippen LogP contribution in [0.4, 0.5) is 0 Å².